The van der Waals surface area contributed by atoms with Gasteiger partial charge in [0, 0.05) is 12.5 Å². The summed E-state index contributed by atoms with van der Waals surface area (Å²) in [6, 6.07) is 8.62. The molecule has 6 heteroatoms. The minimum Gasteiger partial charge on any atom is -0.444 e. The first-order valence-electron chi connectivity index (χ1n) is 9.39. The molecule has 0 unspecified atom stereocenters. The lowest BCUT2D eigenvalue weighted by atomic mass is 9.86. The average molecular weight is 358 g/mol. The van der Waals surface area contributed by atoms with Gasteiger partial charge in [0.15, 0.2) is 0 Å². The number of carbonyl (C=O) groups is 3. The number of hydrogen-bond donors (Lipinski definition) is 1. The zero-order valence-electron chi connectivity index (χ0n) is 15.1. The molecular weight excluding hydrogens is 332 g/mol. The van der Waals surface area contributed by atoms with Crippen molar-refractivity contribution in [2.24, 2.45) is 5.92 Å². The minimum absolute atomic E-state index is 0.0808. The molecule has 1 N–H and O–H groups in total. The van der Waals surface area contributed by atoms with Gasteiger partial charge < -0.3 is 10.1 Å². The molecule has 2 aliphatic rings. The minimum atomic E-state index is -0.764. The highest BCUT2D eigenvalue weighted by Gasteiger charge is 2.42. The third kappa shape index (κ3) is 4.23. The van der Waals surface area contributed by atoms with Gasteiger partial charge in [0.25, 0.3) is 0 Å². The van der Waals surface area contributed by atoms with Gasteiger partial charge in [-0.2, -0.15) is 0 Å². The van der Waals surface area contributed by atoms with E-state index in [4.69, 9.17) is 4.74 Å². The summed E-state index contributed by atoms with van der Waals surface area (Å²) in [6.45, 7) is 2.22. The third-order valence-corrected chi connectivity index (χ3v) is 5.36. The SMILES string of the molecule is C[C@@H]1CCCC[C@@H]1NC(=O)[C@H]1CCC(=O)N1C(=O)OCc1ccccc1. The van der Waals surface area contributed by atoms with Gasteiger partial charge >= 0.3 is 6.09 Å². The molecule has 1 aliphatic heterocycles. The number of carbonyl (C=O) groups excluding carboxylic acids is 3. The van der Waals surface area contributed by atoms with Crippen LogP contribution in [0.15, 0.2) is 30.3 Å². The van der Waals surface area contributed by atoms with Crippen LogP contribution in [-0.2, 0) is 20.9 Å². The van der Waals surface area contributed by atoms with Crippen LogP contribution in [-0.4, -0.2) is 34.9 Å². The quantitative estimate of drug-likeness (QED) is 0.898. The Bertz CT molecular complexity index is 661. The average Bonchev–Trinajstić information content (AvgIpc) is 3.04. The Kier molecular flexibility index (Phi) is 5.91. The van der Waals surface area contributed by atoms with Crippen molar-refractivity contribution in [2.75, 3.05) is 0 Å². The van der Waals surface area contributed by atoms with Crippen LogP contribution in [0.1, 0.15) is 51.0 Å². The summed E-state index contributed by atoms with van der Waals surface area (Å²) in [5, 5.41) is 3.05. The van der Waals surface area contributed by atoms with Gasteiger partial charge in [0.1, 0.15) is 12.6 Å². The summed E-state index contributed by atoms with van der Waals surface area (Å²) in [5.41, 5.74) is 0.838. The highest BCUT2D eigenvalue weighted by molar-refractivity contribution is 6.00. The van der Waals surface area contributed by atoms with Crippen LogP contribution >= 0.6 is 0 Å². The van der Waals surface area contributed by atoms with Crippen molar-refractivity contribution in [3.63, 3.8) is 0 Å². The predicted octanol–water partition coefficient (Wildman–Crippen LogP) is 3.01. The van der Waals surface area contributed by atoms with E-state index in [1.54, 1.807) is 0 Å². The second-order valence-corrected chi connectivity index (χ2v) is 7.24. The molecule has 1 heterocycles. The van der Waals surface area contributed by atoms with Crippen LogP contribution < -0.4 is 5.32 Å². The predicted molar refractivity (Wildman–Crippen MR) is 96.1 cm³/mol. The second-order valence-electron chi connectivity index (χ2n) is 7.24. The fourth-order valence-electron chi connectivity index (χ4n) is 3.76. The number of likely N-dealkylation sites (tertiary alicyclic amines) is 1. The van der Waals surface area contributed by atoms with Crippen LogP contribution in [0.3, 0.4) is 0 Å². The monoisotopic (exact) mass is 358 g/mol. The lowest BCUT2D eigenvalue weighted by molar-refractivity contribution is -0.134. The molecule has 2 fully saturated rings. The van der Waals surface area contributed by atoms with E-state index in [2.05, 4.69) is 12.2 Å². The molecule has 0 spiro atoms. The smallest absolute Gasteiger partial charge is 0.417 e. The summed E-state index contributed by atoms with van der Waals surface area (Å²) in [7, 11) is 0. The van der Waals surface area contributed by atoms with Crippen molar-refractivity contribution in [1.29, 1.82) is 0 Å². The van der Waals surface area contributed by atoms with Crippen molar-refractivity contribution >= 4 is 17.9 Å². The third-order valence-electron chi connectivity index (χ3n) is 5.36. The molecule has 3 atom stereocenters. The Balaban J connectivity index is 1.60. The van der Waals surface area contributed by atoms with E-state index in [-0.39, 0.29) is 30.9 Å². The van der Waals surface area contributed by atoms with Crippen molar-refractivity contribution < 1.29 is 19.1 Å². The number of hydrogen-bond acceptors (Lipinski definition) is 4. The van der Waals surface area contributed by atoms with E-state index in [0.29, 0.717) is 12.3 Å². The molecule has 1 aromatic carbocycles. The molecule has 6 nitrogen and oxygen atoms in total. The second kappa shape index (κ2) is 8.34. The molecule has 3 rings (SSSR count). The summed E-state index contributed by atoms with van der Waals surface area (Å²) >= 11 is 0. The number of rotatable bonds is 4. The van der Waals surface area contributed by atoms with Crippen molar-refractivity contribution in [2.45, 2.75) is 64.1 Å². The summed E-state index contributed by atoms with van der Waals surface area (Å²) in [4.78, 5) is 38.2. The molecule has 3 amide bonds. The molecule has 26 heavy (non-hydrogen) atoms. The van der Waals surface area contributed by atoms with E-state index in [0.717, 1.165) is 29.7 Å². The zero-order chi connectivity index (χ0) is 18.5. The zero-order valence-corrected chi connectivity index (χ0v) is 15.1. The molecule has 1 saturated carbocycles. The number of nitrogens with one attached hydrogen (secondary N) is 1. The van der Waals surface area contributed by atoms with Crippen LogP contribution in [0, 0.1) is 5.92 Å². The first-order valence-corrected chi connectivity index (χ1v) is 9.39. The normalized spacial score (nSPS) is 25.8. The van der Waals surface area contributed by atoms with Gasteiger partial charge in [-0.25, -0.2) is 9.69 Å². The fourth-order valence-corrected chi connectivity index (χ4v) is 3.76. The van der Waals surface area contributed by atoms with Gasteiger partial charge in [-0.1, -0.05) is 50.1 Å². The lowest BCUT2D eigenvalue weighted by Crippen LogP contribution is -2.51. The van der Waals surface area contributed by atoms with Gasteiger partial charge in [-0.05, 0) is 30.7 Å². The summed E-state index contributed by atoms with van der Waals surface area (Å²) in [6.07, 6.45) is 4.14. The van der Waals surface area contributed by atoms with E-state index in [9.17, 15) is 14.4 Å². The summed E-state index contributed by atoms with van der Waals surface area (Å²) in [5.74, 6) is -0.172. The Hall–Kier alpha value is -2.37. The van der Waals surface area contributed by atoms with Gasteiger partial charge in [-0.15, -0.1) is 0 Å². The molecule has 0 bridgehead atoms. The van der Waals surface area contributed by atoms with Gasteiger partial charge in [0.05, 0.1) is 0 Å². The number of nitrogens with zero attached hydrogens (tertiary/aromatic N) is 1. The van der Waals surface area contributed by atoms with Gasteiger partial charge in [-0.3, -0.25) is 9.59 Å². The molecule has 1 saturated heterocycles. The van der Waals surface area contributed by atoms with Crippen molar-refractivity contribution in [3.05, 3.63) is 35.9 Å². The number of benzene rings is 1. The molecular formula is C20H26N2O4. The van der Waals surface area contributed by atoms with Crippen molar-refractivity contribution in [1.82, 2.24) is 10.2 Å². The molecule has 0 aromatic heterocycles. The Morgan fingerprint density at radius 1 is 1.15 bits per heavy atom. The van der Waals surface area contributed by atoms with Crippen LogP contribution in [0.25, 0.3) is 0 Å². The largest absolute Gasteiger partial charge is 0.444 e. The Labute approximate surface area is 153 Å². The van der Waals surface area contributed by atoms with E-state index >= 15 is 0 Å². The molecule has 1 aliphatic carbocycles. The number of ether oxygens (including phenoxy) is 1. The van der Waals surface area contributed by atoms with Crippen LogP contribution in [0.4, 0.5) is 4.79 Å². The first kappa shape index (κ1) is 18.4. The maximum atomic E-state index is 12.7. The highest BCUT2D eigenvalue weighted by Crippen LogP contribution is 2.25. The first-order chi connectivity index (χ1) is 12.6. The van der Waals surface area contributed by atoms with E-state index in [1.165, 1.54) is 6.42 Å². The lowest BCUT2D eigenvalue weighted by Gasteiger charge is -2.31. The fraction of sp³-hybridized carbons (Fsp3) is 0.550. The summed E-state index contributed by atoms with van der Waals surface area (Å²) < 4.78 is 5.26. The Morgan fingerprint density at radius 3 is 2.62 bits per heavy atom. The molecule has 140 valence electrons. The highest BCUT2D eigenvalue weighted by atomic mass is 16.6. The van der Waals surface area contributed by atoms with Crippen molar-refractivity contribution in [3.8, 4) is 0 Å². The van der Waals surface area contributed by atoms with Crippen LogP contribution in [0.2, 0.25) is 0 Å². The molecule has 0 radical (unpaired) electrons. The maximum absolute atomic E-state index is 12.7. The number of amides is 3. The molecule has 1 aromatic rings. The Morgan fingerprint density at radius 2 is 1.88 bits per heavy atom. The van der Waals surface area contributed by atoms with Crippen LogP contribution in [0.5, 0.6) is 0 Å². The van der Waals surface area contributed by atoms with Gasteiger partial charge in [0.2, 0.25) is 11.8 Å². The van der Waals surface area contributed by atoms with E-state index < -0.39 is 12.1 Å². The number of imide groups is 1. The maximum Gasteiger partial charge on any atom is 0.417 e. The topological polar surface area (TPSA) is 75.7 Å². The van der Waals surface area contributed by atoms with E-state index in [1.807, 2.05) is 30.3 Å². The standard InChI is InChI=1S/C20H26N2O4/c1-14-7-5-6-10-16(14)21-19(24)17-11-12-18(23)22(17)20(25)26-13-15-8-3-2-4-9-15/h2-4,8-9,14,16-17H,5-7,10-13H2,1H3,(H,21,24)/t14-,16+,17-/m1/s1.